The first-order chi connectivity index (χ1) is 11.7. The van der Waals surface area contributed by atoms with Crippen molar-refractivity contribution in [1.82, 2.24) is 10.2 Å². The SMILES string of the molecule is C=CCNCc1ccc(OC[C@H](O)CN2CCSCC2)c(OC)c1. The Hall–Kier alpha value is -1.21. The number of thioether (sulfide) groups is 1. The van der Waals surface area contributed by atoms with Crippen LogP contribution in [0.5, 0.6) is 11.5 Å². The van der Waals surface area contributed by atoms with Gasteiger partial charge in [0.1, 0.15) is 12.7 Å². The molecule has 0 aliphatic carbocycles. The van der Waals surface area contributed by atoms with Crippen LogP contribution in [0.2, 0.25) is 0 Å². The van der Waals surface area contributed by atoms with Crippen LogP contribution in [-0.2, 0) is 6.54 Å². The zero-order valence-electron chi connectivity index (χ0n) is 14.4. The van der Waals surface area contributed by atoms with Crippen molar-refractivity contribution in [1.29, 1.82) is 0 Å². The lowest BCUT2D eigenvalue weighted by Crippen LogP contribution is -2.40. The maximum absolute atomic E-state index is 10.2. The molecule has 1 aromatic carbocycles. The van der Waals surface area contributed by atoms with E-state index < -0.39 is 6.10 Å². The Labute approximate surface area is 149 Å². The summed E-state index contributed by atoms with van der Waals surface area (Å²) in [6.45, 7) is 8.21. The van der Waals surface area contributed by atoms with Gasteiger partial charge in [-0.2, -0.15) is 11.8 Å². The number of hydrogen-bond donors (Lipinski definition) is 2. The van der Waals surface area contributed by atoms with Gasteiger partial charge in [-0.1, -0.05) is 12.1 Å². The number of aliphatic hydroxyl groups is 1. The lowest BCUT2D eigenvalue weighted by Gasteiger charge is -2.28. The Bertz CT molecular complexity index is 507. The second-order valence-electron chi connectivity index (χ2n) is 5.78. The molecule has 0 radical (unpaired) electrons. The Morgan fingerprint density at radius 2 is 2.17 bits per heavy atom. The van der Waals surface area contributed by atoms with Gasteiger partial charge in [-0.3, -0.25) is 4.90 Å². The Kier molecular flexibility index (Phi) is 8.45. The van der Waals surface area contributed by atoms with Crippen LogP contribution in [0.4, 0.5) is 0 Å². The molecule has 1 atom stereocenters. The Balaban J connectivity index is 1.82. The smallest absolute Gasteiger partial charge is 0.161 e. The minimum absolute atomic E-state index is 0.272. The molecule has 5 nitrogen and oxygen atoms in total. The molecule has 1 fully saturated rings. The van der Waals surface area contributed by atoms with Gasteiger partial charge in [-0.05, 0) is 17.7 Å². The molecule has 134 valence electrons. The van der Waals surface area contributed by atoms with E-state index in [1.807, 2.05) is 36.0 Å². The predicted octanol–water partition coefficient (Wildman–Crippen LogP) is 1.76. The van der Waals surface area contributed by atoms with Crippen molar-refractivity contribution in [2.45, 2.75) is 12.6 Å². The van der Waals surface area contributed by atoms with Gasteiger partial charge < -0.3 is 19.9 Å². The standard InChI is InChI=1S/C18H28N2O3S/c1-3-6-19-12-15-4-5-17(18(11-15)22-2)23-14-16(21)13-20-7-9-24-10-8-20/h3-5,11,16,19,21H,1,6-10,12-14H2,2H3/t16-/m1/s1. The van der Waals surface area contributed by atoms with Crippen molar-refractivity contribution in [3.63, 3.8) is 0 Å². The number of ether oxygens (including phenoxy) is 2. The second kappa shape index (κ2) is 10.6. The van der Waals surface area contributed by atoms with Gasteiger partial charge >= 0.3 is 0 Å². The fourth-order valence-corrected chi connectivity index (χ4v) is 3.56. The third kappa shape index (κ3) is 6.36. The molecule has 6 heteroatoms. The quantitative estimate of drug-likeness (QED) is 0.494. The third-order valence-electron chi connectivity index (χ3n) is 3.85. The van der Waals surface area contributed by atoms with E-state index in [-0.39, 0.29) is 6.61 Å². The molecule has 2 rings (SSSR count). The molecule has 1 aromatic rings. The highest BCUT2D eigenvalue weighted by Gasteiger charge is 2.16. The molecule has 1 heterocycles. The van der Waals surface area contributed by atoms with Crippen LogP contribution in [0.15, 0.2) is 30.9 Å². The molecule has 1 aliphatic heterocycles. The molecule has 0 aromatic heterocycles. The first-order valence-corrected chi connectivity index (χ1v) is 9.48. The van der Waals surface area contributed by atoms with Gasteiger partial charge in [0.05, 0.1) is 7.11 Å². The summed E-state index contributed by atoms with van der Waals surface area (Å²) in [4.78, 5) is 2.29. The summed E-state index contributed by atoms with van der Waals surface area (Å²) in [5.74, 6) is 3.64. The lowest BCUT2D eigenvalue weighted by molar-refractivity contribution is 0.0705. The largest absolute Gasteiger partial charge is 0.493 e. The zero-order chi connectivity index (χ0) is 17.2. The summed E-state index contributed by atoms with van der Waals surface area (Å²) >= 11 is 1.97. The van der Waals surface area contributed by atoms with E-state index in [4.69, 9.17) is 9.47 Å². The number of β-amino-alcohol motifs (C(OH)–C–C–N with tert-alkyl or cyclic N) is 1. The number of rotatable bonds is 10. The van der Waals surface area contributed by atoms with Crippen molar-refractivity contribution in [3.8, 4) is 11.5 Å². The Morgan fingerprint density at radius 3 is 2.88 bits per heavy atom. The summed E-state index contributed by atoms with van der Waals surface area (Å²) in [5, 5.41) is 13.4. The second-order valence-corrected chi connectivity index (χ2v) is 7.01. The highest BCUT2D eigenvalue weighted by atomic mass is 32.2. The van der Waals surface area contributed by atoms with Crippen LogP contribution in [0.3, 0.4) is 0 Å². The number of hydrogen-bond acceptors (Lipinski definition) is 6. The van der Waals surface area contributed by atoms with Gasteiger partial charge in [-0.15, -0.1) is 6.58 Å². The molecule has 0 saturated carbocycles. The summed E-state index contributed by atoms with van der Waals surface area (Å²) in [5.41, 5.74) is 1.12. The van der Waals surface area contributed by atoms with E-state index in [0.29, 0.717) is 18.0 Å². The number of benzene rings is 1. The third-order valence-corrected chi connectivity index (χ3v) is 4.79. The van der Waals surface area contributed by atoms with Crippen molar-refractivity contribution in [2.75, 3.05) is 51.4 Å². The van der Waals surface area contributed by atoms with Gasteiger partial charge in [0.2, 0.25) is 0 Å². The molecule has 0 bridgehead atoms. The average Bonchev–Trinajstić information content (AvgIpc) is 2.61. The van der Waals surface area contributed by atoms with Crippen molar-refractivity contribution < 1.29 is 14.6 Å². The molecule has 1 saturated heterocycles. The van der Waals surface area contributed by atoms with Crippen LogP contribution in [-0.4, -0.2) is 67.5 Å². The fourth-order valence-electron chi connectivity index (χ4n) is 2.58. The molecular weight excluding hydrogens is 324 g/mol. The van der Waals surface area contributed by atoms with Crippen LogP contribution < -0.4 is 14.8 Å². The molecule has 2 N–H and O–H groups in total. The van der Waals surface area contributed by atoms with Gasteiger partial charge in [0.15, 0.2) is 11.5 Å². The number of nitrogens with one attached hydrogen (secondary N) is 1. The summed E-state index contributed by atoms with van der Waals surface area (Å²) in [6.07, 6.45) is 1.34. The molecule has 0 amide bonds. The molecular formula is C18H28N2O3S. The van der Waals surface area contributed by atoms with E-state index in [1.165, 1.54) is 0 Å². The predicted molar refractivity (Wildman–Crippen MR) is 100 cm³/mol. The highest BCUT2D eigenvalue weighted by molar-refractivity contribution is 7.99. The van der Waals surface area contributed by atoms with Crippen LogP contribution in [0, 0.1) is 0 Å². The van der Waals surface area contributed by atoms with Crippen molar-refractivity contribution >= 4 is 11.8 Å². The summed E-state index contributed by atoms with van der Waals surface area (Å²) in [7, 11) is 1.63. The van der Waals surface area contributed by atoms with E-state index in [2.05, 4.69) is 16.8 Å². The van der Waals surface area contributed by atoms with E-state index in [0.717, 1.165) is 43.2 Å². The van der Waals surface area contributed by atoms with Gasteiger partial charge in [0, 0.05) is 44.2 Å². The molecule has 0 spiro atoms. The molecule has 24 heavy (non-hydrogen) atoms. The number of methoxy groups -OCH3 is 1. The first kappa shape index (κ1) is 19.1. The minimum Gasteiger partial charge on any atom is -0.493 e. The van der Waals surface area contributed by atoms with Crippen LogP contribution in [0.25, 0.3) is 0 Å². The van der Waals surface area contributed by atoms with E-state index in [1.54, 1.807) is 7.11 Å². The first-order valence-electron chi connectivity index (χ1n) is 8.32. The molecule has 1 aliphatic rings. The maximum Gasteiger partial charge on any atom is 0.161 e. The lowest BCUT2D eigenvalue weighted by atomic mass is 10.2. The van der Waals surface area contributed by atoms with Crippen LogP contribution in [0.1, 0.15) is 5.56 Å². The fraction of sp³-hybridized carbons (Fsp3) is 0.556. The summed E-state index contributed by atoms with van der Waals surface area (Å²) < 4.78 is 11.2. The topological polar surface area (TPSA) is 54.0 Å². The molecule has 0 unspecified atom stereocenters. The van der Waals surface area contributed by atoms with Gasteiger partial charge in [-0.25, -0.2) is 0 Å². The normalized spacial score (nSPS) is 16.6. The minimum atomic E-state index is -0.494. The average molecular weight is 353 g/mol. The van der Waals surface area contributed by atoms with E-state index >= 15 is 0 Å². The van der Waals surface area contributed by atoms with E-state index in [9.17, 15) is 5.11 Å². The van der Waals surface area contributed by atoms with Crippen molar-refractivity contribution in [2.24, 2.45) is 0 Å². The number of nitrogens with zero attached hydrogens (tertiary/aromatic N) is 1. The van der Waals surface area contributed by atoms with Gasteiger partial charge in [0.25, 0.3) is 0 Å². The number of aliphatic hydroxyl groups excluding tert-OH is 1. The monoisotopic (exact) mass is 352 g/mol. The zero-order valence-corrected chi connectivity index (χ0v) is 15.2. The highest BCUT2D eigenvalue weighted by Crippen LogP contribution is 2.28. The van der Waals surface area contributed by atoms with Crippen LogP contribution >= 0.6 is 11.8 Å². The van der Waals surface area contributed by atoms with Crippen molar-refractivity contribution in [3.05, 3.63) is 36.4 Å². The maximum atomic E-state index is 10.2. The Morgan fingerprint density at radius 1 is 1.38 bits per heavy atom. The summed E-state index contributed by atoms with van der Waals surface area (Å²) in [6, 6.07) is 5.86.